The van der Waals surface area contributed by atoms with E-state index in [0.29, 0.717) is 33.4 Å². The molecule has 0 bridgehead atoms. The van der Waals surface area contributed by atoms with Gasteiger partial charge >= 0.3 is 11.9 Å². The Morgan fingerprint density at radius 2 is 1.80 bits per heavy atom. The molecule has 1 aliphatic rings. The third-order valence-electron chi connectivity index (χ3n) is 7.66. The van der Waals surface area contributed by atoms with Gasteiger partial charge < -0.3 is 39.8 Å². The fourth-order valence-electron chi connectivity index (χ4n) is 4.60. The molecule has 0 spiro atoms. The number of carboxylic acids is 2. The number of carbonyl (C=O) groups is 3. The minimum absolute atomic E-state index is 0.00831. The lowest BCUT2D eigenvalue weighted by Gasteiger charge is -2.38. The molecule has 1 aliphatic carbocycles. The number of likely N-dealkylation sites (N-methyl/N-ethyl adjacent to an activating group) is 1. The van der Waals surface area contributed by atoms with Crippen molar-refractivity contribution in [3.63, 3.8) is 0 Å². The molecule has 3 aromatic rings. The van der Waals surface area contributed by atoms with Crippen LogP contribution in [-0.4, -0.2) is 77.0 Å². The molecule has 45 heavy (non-hydrogen) atoms. The highest BCUT2D eigenvalue weighted by Gasteiger charge is 2.54. The average Bonchev–Trinajstić information content (AvgIpc) is 2.99. The second kappa shape index (κ2) is 12.9. The zero-order valence-electron chi connectivity index (χ0n) is 25.3. The number of rotatable bonds is 12. The van der Waals surface area contributed by atoms with Gasteiger partial charge in [-0.05, 0) is 50.3 Å². The maximum Gasteiger partial charge on any atom is 0.314 e. The van der Waals surface area contributed by atoms with Gasteiger partial charge in [0.2, 0.25) is 5.95 Å². The Kier molecular flexibility index (Phi) is 9.37. The molecule has 2 aromatic heterocycles. The Hall–Kier alpha value is -5.11. The second-order valence-corrected chi connectivity index (χ2v) is 11.2. The zero-order chi connectivity index (χ0) is 33.1. The molecular weight excluding hydrogens is 608 g/mol. The summed E-state index contributed by atoms with van der Waals surface area (Å²) < 4.78 is 12.8. The van der Waals surface area contributed by atoms with Crippen LogP contribution in [0.5, 0.6) is 5.75 Å². The molecule has 238 valence electrons. The summed E-state index contributed by atoms with van der Waals surface area (Å²) in [6.45, 7) is 2.18. The number of fused-ring (bicyclic) bond motifs is 1. The molecule has 1 aromatic carbocycles. The molecule has 2 atom stereocenters. The second-order valence-electron chi connectivity index (χ2n) is 10.8. The number of pyridine rings is 1. The van der Waals surface area contributed by atoms with Crippen LogP contribution in [0.4, 0.5) is 17.5 Å². The number of carboxylic acid groups (broad SMARTS) is 2. The van der Waals surface area contributed by atoms with Crippen molar-refractivity contribution in [3.05, 3.63) is 69.8 Å². The summed E-state index contributed by atoms with van der Waals surface area (Å²) in [4.78, 5) is 59.7. The van der Waals surface area contributed by atoms with Gasteiger partial charge in [0.25, 0.3) is 11.5 Å². The minimum Gasteiger partial charge on any atom is -0.492 e. The molecule has 2 heterocycles. The number of aromatic nitrogens is 3. The third-order valence-corrected chi connectivity index (χ3v) is 7.93. The number of nitrogens with one attached hydrogen (secondary N) is 2. The first-order chi connectivity index (χ1) is 21.2. The highest BCUT2D eigenvalue weighted by atomic mass is 35.5. The van der Waals surface area contributed by atoms with Crippen molar-refractivity contribution < 1.29 is 34.1 Å². The van der Waals surface area contributed by atoms with Crippen molar-refractivity contribution in [2.75, 3.05) is 44.6 Å². The van der Waals surface area contributed by atoms with Gasteiger partial charge in [0.15, 0.2) is 18.2 Å². The molecule has 0 saturated heterocycles. The van der Waals surface area contributed by atoms with Crippen LogP contribution < -0.4 is 25.8 Å². The van der Waals surface area contributed by atoms with Crippen LogP contribution in [0, 0.1) is 10.8 Å². The summed E-state index contributed by atoms with van der Waals surface area (Å²) in [7, 11) is 5.04. The van der Waals surface area contributed by atoms with E-state index in [1.165, 1.54) is 56.0 Å². The van der Waals surface area contributed by atoms with Crippen LogP contribution >= 0.6 is 11.6 Å². The minimum atomic E-state index is -1.79. The standard InChI is InChI=1S/C30H33ClN6O8/c1-29(26(40)41)9-8-19(14-30(29,2)27(42)43)44-11-10-37-21-7-6-18(34-24-20(31)15-33-28(35-24)36(4)5)12-17(21)13-22(25(37)39)45-16-23(38)32-3/h6-9,12-15H,10-11,16H2,1-5H3,(H,32,38)(H,40,41)(H,42,43)(H,33,34,35). The molecule has 0 radical (unpaired) electrons. The largest absolute Gasteiger partial charge is 0.492 e. The Labute approximate surface area is 262 Å². The number of benzene rings is 1. The Morgan fingerprint density at radius 3 is 2.44 bits per heavy atom. The van der Waals surface area contributed by atoms with Crippen molar-refractivity contribution >= 4 is 57.8 Å². The third kappa shape index (κ3) is 6.55. The first-order valence-electron chi connectivity index (χ1n) is 13.7. The zero-order valence-corrected chi connectivity index (χ0v) is 26.0. The van der Waals surface area contributed by atoms with Crippen LogP contribution in [-0.2, 0) is 25.7 Å². The van der Waals surface area contributed by atoms with Gasteiger partial charge in [-0.2, -0.15) is 4.98 Å². The summed E-state index contributed by atoms with van der Waals surface area (Å²) in [6.07, 6.45) is 5.42. The van der Waals surface area contributed by atoms with Gasteiger partial charge in [0, 0.05) is 32.2 Å². The van der Waals surface area contributed by atoms with E-state index in [0.717, 1.165) is 0 Å². The molecule has 4 N–H and O–H groups in total. The van der Waals surface area contributed by atoms with Gasteiger partial charge in [-0.1, -0.05) is 17.7 Å². The van der Waals surface area contributed by atoms with E-state index in [4.69, 9.17) is 21.1 Å². The van der Waals surface area contributed by atoms with Crippen LogP contribution in [0.1, 0.15) is 13.8 Å². The Balaban J connectivity index is 1.66. The van der Waals surface area contributed by atoms with Gasteiger partial charge in [-0.25, -0.2) is 4.98 Å². The molecule has 15 heteroatoms. The number of halogens is 1. The Bertz CT molecular complexity index is 1790. The van der Waals surface area contributed by atoms with Crippen LogP contribution in [0.2, 0.25) is 5.02 Å². The van der Waals surface area contributed by atoms with Gasteiger partial charge in [-0.15, -0.1) is 0 Å². The van der Waals surface area contributed by atoms with Crippen molar-refractivity contribution in [1.82, 2.24) is 19.9 Å². The number of hydrogen-bond donors (Lipinski definition) is 4. The van der Waals surface area contributed by atoms with Gasteiger partial charge in [-0.3, -0.25) is 19.2 Å². The molecule has 0 aliphatic heterocycles. The van der Waals surface area contributed by atoms with E-state index >= 15 is 0 Å². The van der Waals surface area contributed by atoms with Gasteiger partial charge in [0.1, 0.15) is 28.2 Å². The predicted molar refractivity (Wildman–Crippen MR) is 167 cm³/mol. The molecule has 4 rings (SSSR count). The number of amides is 1. The van der Waals surface area contributed by atoms with E-state index in [2.05, 4.69) is 20.6 Å². The molecular formula is C30H33ClN6O8. The first kappa shape index (κ1) is 32.8. The smallest absolute Gasteiger partial charge is 0.314 e. The average molecular weight is 641 g/mol. The van der Waals surface area contributed by atoms with E-state index in [9.17, 15) is 29.4 Å². The van der Waals surface area contributed by atoms with E-state index in [1.54, 1.807) is 37.2 Å². The highest BCUT2D eigenvalue weighted by Crippen LogP contribution is 2.46. The number of anilines is 3. The molecule has 0 fully saturated rings. The fraction of sp³-hybridized carbons (Fsp3) is 0.333. The van der Waals surface area contributed by atoms with Crippen molar-refractivity contribution in [2.24, 2.45) is 10.8 Å². The number of allylic oxidation sites excluding steroid dienone is 1. The number of ether oxygens (including phenoxy) is 2. The van der Waals surface area contributed by atoms with Crippen molar-refractivity contribution in [1.29, 1.82) is 0 Å². The van der Waals surface area contributed by atoms with E-state index < -0.39 is 34.2 Å². The van der Waals surface area contributed by atoms with E-state index in [1.807, 2.05) is 0 Å². The fourth-order valence-corrected chi connectivity index (χ4v) is 4.74. The molecule has 2 unspecified atom stereocenters. The lowest BCUT2D eigenvalue weighted by molar-refractivity contribution is -0.163. The van der Waals surface area contributed by atoms with Crippen LogP contribution in [0.15, 0.2) is 59.2 Å². The maximum atomic E-state index is 13.5. The monoisotopic (exact) mass is 640 g/mol. The topological polar surface area (TPSA) is 185 Å². The number of aliphatic carboxylic acids is 2. The maximum absolute atomic E-state index is 13.5. The summed E-state index contributed by atoms with van der Waals surface area (Å²) in [6, 6.07) is 6.72. The molecule has 14 nitrogen and oxygen atoms in total. The molecule has 0 saturated carbocycles. The highest BCUT2D eigenvalue weighted by molar-refractivity contribution is 6.32. The summed E-state index contributed by atoms with van der Waals surface area (Å²) in [5.41, 5.74) is -2.90. The van der Waals surface area contributed by atoms with Crippen LogP contribution in [0.25, 0.3) is 10.9 Å². The van der Waals surface area contributed by atoms with Crippen LogP contribution in [0.3, 0.4) is 0 Å². The first-order valence-corrected chi connectivity index (χ1v) is 14.1. The lowest BCUT2D eigenvalue weighted by Crippen LogP contribution is -2.48. The molecule has 1 amide bonds. The summed E-state index contributed by atoms with van der Waals surface area (Å²) in [5, 5.41) is 26.0. The van der Waals surface area contributed by atoms with Crippen molar-refractivity contribution in [2.45, 2.75) is 20.4 Å². The predicted octanol–water partition coefficient (Wildman–Crippen LogP) is 3.03. The van der Waals surface area contributed by atoms with E-state index in [-0.39, 0.29) is 31.3 Å². The SMILES string of the molecule is CNC(=O)COc1cc2cc(Nc3nc(N(C)C)ncc3Cl)ccc2n(CCOC2=CC(C)(C(=O)O)C(C)(C(=O)O)C=C2)c1=O. The Morgan fingerprint density at radius 1 is 1.09 bits per heavy atom. The quantitative estimate of drug-likeness (QED) is 0.227. The lowest BCUT2D eigenvalue weighted by atomic mass is 9.63. The van der Waals surface area contributed by atoms with Crippen molar-refractivity contribution in [3.8, 4) is 5.75 Å². The number of carbonyl (C=O) groups excluding carboxylic acids is 1. The summed E-state index contributed by atoms with van der Waals surface area (Å²) >= 11 is 6.32. The number of nitrogens with zero attached hydrogens (tertiary/aromatic N) is 4. The normalized spacial score (nSPS) is 19.0. The summed E-state index contributed by atoms with van der Waals surface area (Å²) in [5.74, 6) is -2.17. The number of hydrogen-bond acceptors (Lipinski definition) is 10. The van der Waals surface area contributed by atoms with Gasteiger partial charge in [0.05, 0.1) is 18.3 Å².